The zero-order valence-electron chi connectivity index (χ0n) is 8.66. The van der Waals surface area contributed by atoms with E-state index in [1.165, 1.54) is 6.07 Å². The van der Waals surface area contributed by atoms with Gasteiger partial charge >= 0.3 is 6.61 Å². The van der Waals surface area contributed by atoms with Crippen LogP contribution in [0.4, 0.5) is 8.78 Å². The minimum Gasteiger partial charge on any atom is -0.434 e. The van der Waals surface area contributed by atoms with Gasteiger partial charge < -0.3 is 14.8 Å². The van der Waals surface area contributed by atoms with Crippen LogP contribution in [0.3, 0.4) is 0 Å². The maximum absolute atomic E-state index is 12.2. The van der Waals surface area contributed by atoms with Gasteiger partial charge in [0.15, 0.2) is 0 Å². The number of para-hydroxylation sites is 1. The number of hydrogen-bond donors (Lipinski definition) is 1. The SMILES string of the molecule is FC(F)Oc1ccccc1[C@H]1COCCN1. The van der Waals surface area contributed by atoms with Gasteiger partial charge in [0.05, 0.1) is 19.3 Å². The lowest BCUT2D eigenvalue weighted by atomic mass is 10.1. The van der Waals surface area contributed by atoms with E-state index in [0.717, 1.165) is 0 Å². The van der Waals surface area contributed by atoms with Crippen LogP contribution in [0.1, 0.15) is 11.6 Å². The second kappa shape index (κ2) is 5.23. The van der Waals surface area contributed by atoms with Crippen molar-refractivity contribution in [3.8, 4) is 5.75 Å². The molecule has 88 valence electrons. The van der Waals surface area contributed by atoms with Gasteiger partial charge in [-0.3, -0.25) is 0 Å². The van der Waals surface area contributed by atoms with E-state index in [-0.39, 0.29) is 11.8 Å². The molecule has 1 aromatic carbocycles. The lowest BCUT2D eigenvalue weighted by Gasteiger charge is -2.25. The predicted octanol–water partition coefficient (Wildman–Crippen LogP) is 1.95. The summed E-state index contributed by atoms with van der Waals surface area (Å²) in [7, 11) is 0. The molecule has 2 rings (SSSR count). The van der Waals surface area contributed by atoms with Crippen LogP contribution in [0.2, 0.25) is 0 Å². The summed E-state index contributed by atoms with van der Waals surface area (Å²) >= 11 is 0. The minimum absolute atomic E-state index is 0.0799. The summed E-state index contributed by atoms with van der Waals surface area (Å²) in [6.45, 7) is -0.961. The van der Waals surface area contributed by atoms with Crippen LogP contribution in [0.25, 0.3) is 0 Å². The highest BCUT2D eigenvalue weighted by Crippen LogP contribution is 2.27. The Morgan fingerprint density at radius 2 is 2.19 bits per heavy atom. The van der Waals surface area contributed by atoms with E-state index in [9.17, 15) is 8.78 Å². The maximum atomic E-state index is 12.2. The summed E-state index contributed by atoms with van der Waals surface area (Å²) < 4.78 is 34.1. The van der Waals surface area contributed by atoms with Gasteiger partial charge in [0, 0.05) is 12.1 Å². The van der Waals surface area contributed by atoms with Crippen molar-refractivity contribution < 1.29 is 18.3 Å². The molecule has 1 heterocycles. The van der Waals surface area contributed by atoms with E-state index in [1.807, 2.05) is 0 Å². The normalized spacial score (nSPS) is 21.1. The van der Waals surface area contributed by atoms with Gasteiger partial charge in [-0.15, -0.1) is 0 Å². The molecule has 1 atom stereocenters. The van der Waals surface area contributed by atoms with Crippen molar-refractivity contribution >= 4 is 0 Å². The summed E-state index contributed by atoms with van der Waals surface area (Å²) in [5.41, 5.74) is 0.711. The fourth-order valence-corrected chi connectivity index (χ4v) is 1.74. The molecule has 0 amide bonds. The average molecular weight is 229 g/mol. The van der Waals surface area contributed by atoms with Crippen LogP contribution in [0.15, 0.2) is 24.3 Å². The highest BCUT2D eigenvalue weighted by Gasteiger charge is 2.20. The average Bonchev–Trinajstić information content (AvgIpc) is 2.30. The lowest BCUT2D eigenvalue weighted by molar-refractivity contribution is -0.0512. The van der Waals surface area contributed by atoms with E-state index < -0.39 is 6.61 Å². The number of ether oxygens (including phenoxy) is 2. The first-order chi connectivity index (χ1) is 7.77. The Bertz CT molecular complexity index is 341. The number of rotatable bonds is 3. The molecule has 3 nitrogen and oxygen atoms in total. The third kappa shape index (κ3) is 2.68. The van der Waals surface area contributed by atoms with Crippen LogP contribution in [0.5, 0.6) is 5.75 Å². The monoisotopic (exact) mass is 229 g/mol. The van der Waals surface area contributed by atoms with Crippen LogP contribution in [-0.2, 0) is 4.74 Å². The van der Waals surface area contributed by atoms with Crippen molar-refractivity contribution in [2.24, 2.45) is 0 Å². The molecule has 1 aliphatic heterocycles. The molecule has 1 N–H and O–H groups in total. The van der Waals surface area contributed by atoms with Crippen LogP contribution in [-0.4, -0.2) is 26.4 Å². The Hall–Kier alpha value is -1.20. The Labute approximate surface area is 92.4 Å². The molecule has 1 aromatic rings. The van der Waals surface area contributed by atoms with Crippen molar-refractivity contribution in [2.75, 3.05) is 19.8 Å². The van der Waals surface area contributed by atoms with E-state index in [1.54, 1.807) is 18.2 Å². The van der Waals surface area contributed by atoms with Gasteiger partial charge in [0.2, 0.25) is 0 Å². The highest BCUT2D eigenvalue weighted by atomic mass is 19.3. The lowest BCUT2D eigenvalue weighted by Crippen LogP contribution is -2.34. The second-order valence-corrected chi connectivity index (χ2v) is 3.50. The fourth-order valence-electron chi connectivity index (χ4n) is 1.74. The minimum atomic E-state index is -2.80. The van der Waals surface area contributed by atoms with Gasteiger partial charge in [0.1, 0.15) is 5.75 Å². The Kier molecular flexibility index (Phi) is 3.69. The number of benzene rings is 1. The van der Waals surface area contributed by atoms with Gasteiger partial charge in [-0.25, -0.2) is 0 Å². The second-order valence-electron chi connectivity index (χ2n) is 3.50. The van der Waals surface area contributed by atoms with Crippen molar-refractivity contribution in [1.82, 2.24) is 5.32 Å². The summed E-state index contributed by atoms with van der Waals surface area (Å²) in [6, 6.07) is 6.69. The number of nitrogens with one attached hydrogen (secondary N) is 1. The molecule has 1 aliphatic rings. The first kappa shape index (κ1) is 11.3. The molecule has 5 heteroatoms. The summed E-state index contributed by atoms with van der Waals surface area (Å²) in [6.07, 6.45) is 0. The zero-order valence-corrected chi connectivity index (χ0v) is 8.66. The van der Waals surface area contributed by atoms with Gasteiger partial charge in [0.25, 0.3) is 0 Å². The molecular formula is C11H13F2NO2. The van der Waals surface area contributed by atoms with E-state index in [4.69, 9.17) is 4.74 Å². The standard InChI is InChI=1S/C11H13F2NO2/c12-11(13)16-10-4-2-1-3-8(10)9-7-15-6-5-14-9/h1-4,9,11,14H,5-7H2/t9-/m1/s1. The topological polar surface area (TPSA) is 30.5 Å². The highest BCUT2D eigenvalue weighted by molar-refractivity contribution is 5.36. The number of halogens is 2. The summed E-state index contributed by atoms with van der Waals surface area (Å²) in [5, 5.41) is 3.20. The molecule has 16 heavy (non-hydrogen) atoms. The van der Waals surface area contributed by atoms with Crippen LogP contribution < -0.4 is 10.1 Å². The first-order valence-corrected chi connectivity index (χ1v) is 5.12. The predicted molar refractivity (Wildman–Crippen MR) is 54.6 cm³/mol. The molecule has 0 spiro atoms. The van der Waals surface area contributed by atoms with E-state index in [2.05, 4.69) is 10.1 Å². The summed E-state index contributed by atoms with van der Waals surface area (Å²) in [5.74, 6) is 0.209. The van der Waals surface area contributed by atoms with Crippen molar-refractivity contribution in [3.05, 3.63) is 29.8 Å². The maximum Gasteiger partial charge on any atom is 0.387 e. The first-order valence-electron chi connectivity index (χ1n) is 5.12. The molecule has 0 radical (unpaired) electrons. The molecule has 0 unspecified atom stereocenters. The van der Waals surface area contributed by atoms with Crippen LogP contribution in [0, 0.1) is 0 Å². The van der Waals surface area contributed by atoms with Gasteiger partial charge in [-0.2, -0.15) is 8.78 Å². The van der Waals surface area contributed by atoms with Crippen LogP contribution >= 0.6 is 0 Å². The molecule has 0 aliphatic carbocycles. The Morgan fingerprint density at radius 3 is 2.88 bits per heavy atom. The molecule has 0 aromatic heterocycles. The van der Waals surface area contributed by atoms with Gasteiger partial charge in [-0.1, -0.05) is 18.2 Å². The third-order valence-corrected chi connectivity index (χ3v) is 2.43. The fraction of sp³-hybridized carbons (Fsp3) is 0.455. The number of hydrogen-bond acceptors (Lipinski definition) is 3. The van der Waals surface area contributed by atoms with Crippen molar-refractivity contribution in [2.45, 2.75) is 12.7 Å². The molecule has 1 fully saturated rings. The summed E-state index contributed by atoms with van der Waals surface area (Å²) in [4.78, 5) is 0. The Balaban J connectivity index is 2.17. The van der Waals surface area contributed by atoms with Crippen molar-refractivity contribution in [1.29, 1.82) is 0 Å². The van der Waals surface area contributed by atoms with Crippen molar-refractivity contribution in [3.63, 3.8) is 0 Å². The molecule has 0 saturated carbocycles. The van der Waals surface area contributed by atoms with Gasteiger partial charge in [-0.05, 0) is 6.07 Å². The van der Waals surface area contributed by atoms with E-state index >= 15 is 0 Å². The quantitative estimate of drug-likeness (QED) is 0.859. The zero-order chi connectivity index (χ0) is 11.4. The molecule has 0 bridgehead atoms. The Morgan fingerprint density at radius 1 is 1.38 bits per heavy atom. The molecule has 1 saturated heterocycles. The molecular weight excluding hydrogens is 216 g/mol. The number of alkyl halides is 2. The van der Waals surface area contributed by atoms with E-state index in [0.29, 0.717) is 25.3 Å². The number of morpholine rings is 1. The largest absolute Gasteiger partial charge is 0.434 e. The smallest absolute Gasteiger partial charge is 0.387 e. The third-order valence-electron chi connectivity index (χ3n) is 2.43.